The number of nitrogens with one attached hydrogen (secondary N) is 1. The number of halogens is 2. The predicted octanol–water partition coefficient (Wildman–Crippen LogP) is 5.51. The molecule has 1 unspecified atom stereocenters. The maximum atomic E-state index is 11.0. The van der Waals surface area contributed by atoms with Crippen LogP contribution in [-0.4, -0.2) is 42.3 Å². The summed E-state index contributed by atoms with van der Waals surface area (Å²) in [4.78, 5) is 13.5. The summed E-state index contributed by atoms with van der Waals surface area (Å²) in [6.07, 6.45) is 5.53. The summed E-state index contributed by atoms with van der Waals surface area (Å²) >= 11 is 11.9. The lowest BCUT2D eigenvalue weighted by atomic mass is 10.0. The van der Waals surface area contributed by atoms with Gasteiger partial charge in [0.25, 0.3) is 0 Å². The number of carbonyl (C=O) groups excluding carboxylic acids is 1. The highest BCUT2D eigenvalue weighted by atomic mass is 35.5. The van der Waals surface area contributed by atoms with Crippen molar-refractivity contribution in [1.82, 2.24) is 10.4 Å². The summed E-state index contributed by atoms with van der Waals surface area (Å²) < 4.78 is 5.17. The van der Waals surface area contributed by atoms with Crippen molar-refractivity contribution in [2.45, 2.75) is 51.2 Å². The van der Waals surface area contributed by atoms with Gasteiger partial charge in [-0.25, -0.2) is 5.48 Å². The van der Waals surface area contributed by atoms with Crippen LogP contribution in [0.25, 0.3) is 0 Å². The fourth-order valence-corrected chi connectivity index (χ4v) is 3.84. The van der Waals surface area contributed by atoms with E-state index >= 15 is 0 Å². The van der Waals surface area contributed by atoms with Crippen molar-refractivity contribution in [3.63, 3.8) is 0 Å². The smallest absolute Gasteiger partial charge is 0.245 e. The maximum Gasteiger partial charge on any atom is 0.245 e. The molecule has 7 heteroatoms. The molecule has 0 aromatic heterocycles. The number of carbonyl (C=O) groups is 1. The van der Waals surface area contributed by atoms with Crippen molar-refractivity contribution in [3.05, 3.63) is 69.7 Å². The number of ether oxygens (including phenoxy) is 1. The van der Waals surface area contributed by atoms with Crippen molar-refractivity contribution in [1.29, 1.82) is 0 Å². The molecule has 5 nitrogen and oxygen atoms in total. The van der Waals surface area contributed by atoms with Crippen LogP contribution in [0, 0.1) is 0 Å². The van der Waals surface area contributed by atoms with Crippen LogP contribution in [0.3, 0.4) is 0 Å². The Morgan fingerprint density at radius 3 is 2.39 bits per heavy atom. The summed E-state index contributed by atoms with van der Waals surface area (Å²) in [7, 11) is 1.55. The molecule has 2 aromatic carbocycles. The highest BCUT2D eigenvalue weighted by molar-refractivity contribution is 6.31. The molecule has 31 heavy (non-hydrogen) atoms. The van der Waals surface area contributed by atoms with Gasteiger partial charge in [0.05, 0.1) is 12.5 Å². The molecular weight excluding hydrogens is 435 g/mol. The Bertz CT molecular complexity index is 781. The lowest BCUT2D eigenvalue weighted by molar-refractivity contribution is -0.131. The number of nitrogens with zero attached hydrogens (tertiary/aromatic N) is 1. The normalized spacial score (nSPS) is 15.0. The summed E-state index contributed by atoms with van der Waals surface area (Å²) in [5.41, 5.74) is 4.00. The first-order valence-electron chi connectivity index (χ1n) is 10.7. The lowest BCUT2D eigenvalue weighted by Crippen LogP contribution is -2.29. The quantitative estimate of drug-likeness (QED) is 0.397. The van der Waals surface area contributed by atoms with E-state index in [0.717, 1.165) is 23.6 Å². The number of hydrogen-bond donors (Lipinski definition) is 2. The summed E-state index contributed by atoms with van der Waals surface area (Å²) in [6, 6.07) is 15.7. The van der Waals surface area contributed by atoms with E-state index in [0.29, 0.717) is 11.4 Å². The Labute approximate surface area is 195 Å². The SMILES string of the molecule is COC(CCc1ccc(Cl)cc1)CC(=O)NO.Clc1ccccc1CN1CCCCC1. The molecule has 1 aliphatic rings. The molecule has 0 radical (unpaired) electrons. The Hall–Kier alpha value is -1.63. The minimum absolute atomic E-state index is 0.153. The van der Waals surface area contributed by atoms with Crippen LogP contribution in [0.15, 0.2) is 48.5 Å². The highest BCUT2D eigenvalue weighted by Crippen LogP contribution is 2.19. The van der Waals surface area contributed by atoms with Crippen LogP contribution in [0.5, 0.6) is 0 Å². The average molecular weight is 467 g/mol. The number of hydroxylamine groups is 1. The number of hydrogen-bond acceptors (Lipinski definition) is 4. The fourth-order valence-electron chi connectivity index (χ4n) is 3.52. The van der Waals surface area contributed by atoms with Crippen LogP contribution >= 0.6 is 23.2 Å². The monoisotopic (exact) mass is 466 g/mol. The Morgan fingerprint density at radius 1 is 1.10 bits per heavy atom. The van der Waals surface area contributed by atoms with E-state index in [1.807, 2.05) is 36.4 Å². The zero-order valence-electron chi connectivity index (χ0n) is 18.0. The number of benzene rings is 2. The van der Waals surface area contributed by atoms with Crippen molar-refractivity contribution < 1.29 is 14.7 Å². The van der Waals surface area contributed by atoms with Crippen molar-refractivity contribution in [2.24, 2.45) is 0 Å². The summed E-state index contributed by atoms with van der Waals surface area (Å²) in [6.45, 7) is 3.47. The molecule has 2 aromatic rings. The number of likely N-dealkylation sites (tertiary alicyclic amines) is 1. The molecular formula is C24H32Cl2N2O3. The first-order chi connectivity index (χ1) is 15.0. The molecule has 1 atom stereocenters. The van der Waals surface area contributed by atoms with Gasteiger partial charge in [0.2, 0.25) is 5.91 Å². The predicted molar refractivity (Wildman–Crippen MR) is 126 cm³/mol. The van der Waals surface area contributed by atoms with E-state index < -0.39 is 5.91 Å². The van der Waals surface area contributed by atoms with E-state index in [1.54, 1.807) is 12.6 Å². The molecule has 3 rings (SSSR count). The van der Waals surface area contributed by atoms with Crippen molar-refractivity contribution >= 4 is 29.1 Å². The van der Waals surface area contributed by atoms with Gasteiger partial charge in [-0.1, -0.05) is 60.0 Å². The van der Waals surface area contributed by atoms with Gasteiger partial charge in [-0.2, -0.15) is 0 Å². The number of rotatable bonds is 8. The van der Waals surface area contributed by atoms with Crippen LogP contribution in [0.4, 0.5) is 0 Å². The Kier molecular flexibility index (Phi) is 11.9. The van der Waals surface area contributed by atoms with Crippen LogP contribution in [0.1, 0.15) is 43.2 Å². The molecule has 0 bridgehead atoms. The van der Waals surface area contributed by atoms with Crippen molar-refractivity contribution in [2.75, 3.05) is 20.2 Å². The minimum Gasteiger partial charge on any atom is -0.381 e. The van der Waals surface area contributed by atoms with Crippen LogP contribution in [0.2, 0.25) is 10.0 Å². The van der Waals surface area contributed by atoms with E-state index in [2.05, 4.69) is 17.0 Å². The summed E-state index contributed by atoms with van der Waals surface area (Å²) in [5, 5.41) is 10.0. The van der Waals surface area contributed by atoms with Gasteiger partial charge in [0, 0.05) is 23.7 Å². The second-order valence-corrected chi connectivity index (χ2v) is 8.53. The van der Waals surface area contributed by atoms with Gasteiger partial charge in [-0.15, -0.1) is 0 Å². The molecule has 1 aliphatic heterocycles. The van der Waals surface area contributed by atoms with Gasteiger partial charge in [-0.3, -0.25) is 14.9 Å². The van der Waals surface area contributed by atoms with Crippen molar-refractivity contribution in [3.8, 4) is 0 Å². The summed E-state index contributed by atoms with van der Waals surface area (Å²) in [5.74, 6) is -0.437. The number of aryl methyl sites for hydroxylation is 1. The van der Waals surface area contributed by atoms with E-state index in [-0.39, 0.29) is 12.5 Å². The Morgan fingerprint density at radius 2 is 1.77 bits per heavy atom. The minimum atomic E-state index is -0.437. The van der Waals surface area contributed by atoms with Gasteiger partial charge in [-0.05, 0) is 68.1 Å². The molecule has 2 N–H and O–H groups in total. The molecule has 1 amide bonds. The van der Waals surface area contributed by atoms with E-state index in [4.69, 9.17) is 33.1 Å². The second-order valence-electron chi connectivity index (χ2n) is 7.69. The van der Waals surface area contributed by atoms with Gasteiger partial charge >= 0.3 is 0 Å². The molecule has 0 saturated carbocycles. The maximum absolute atomic E-state index is 11.0. The largest absolute Gasteiger partial charge is 0.381 e. The standard InChI is InChI=1S/C12H16ClNO3.C12H16ClN/c1-17-11(8-12(15)14-16)7-4-9-2-5-10(13)6-3-9;13-12-7-3-2-6-11(12)10-14-8-4-1-5-9-14/h2-3,5-6,11,16H,4,7-8H2,1H3,(H,14,15);2-3,6-7H,1,4-5,8-10H2. The third kappa shape index (κ3) is 10.0. The first kappa shape index (κ1) is 25.6. The van der Waals surface area contributed by atoms with E-state index in [9.17, 15) is 4.79 Å². The number of amides is 1. The molecule has 1 fully saturated rings. The average Bonchev–Trinajstić information content (AvgIpc) is 2.80. The van der Waals surface area contributed by atoms with Crippen LogP contribution < -0.4 is 5.48 Å². The zero-order chi connectivity index (χ0) is 22.5. The van der Waals surface area contributed by atoms with Gasteiger partial charge in [0.1, 0.15) is 0 Å². The molecule has 1 heterocycles. The molecule has 170 valence electrons. The highest BCUT2D eigenvalue weighted by Gasteiger charge is 2.13. The Balaban J connectivity index is 0.000000224. The van der Waals surface area contributed by atoms with Gasteiger partial charge < -0.3 is 4.74 Å². The fraction of sp³-hybridized carbons (Fsp3) is 0.458. The second kappa shape index (κ2) is 14.4. The third-order valence-electron chi connectivity index (χ3n) is 5.34. The molecule has 0 spiro atoms. The zero-order valence-corrected chi connectivity index (χ0v) is 19.5. The van der Waals surface area contributed by atoms with Gasteiger partial charge in [0.15, 0.2) is 0 Å². The topological polar surface area (TPSA) is 61.8 Å². The molecule has 0 aliphatic carbocycles. The lowest BCUT2D eigenvalue weighted by Gasteiger charge is -2.26. The van der Waals surface area contributed by atoms with E-state index in [1.165, 1.54) is 37.9 Å². The third-order valence-corrected chi connectivity index (χ3v) is 5.96. The first-order valence-corrected chi connectivity index (χ1v) is 11.4. The van der Waals surface area contributed by atoms with Crippen LogP contribution in [-0.2, 0) is 22.5 Å². The number of piperidine rings is 1. The molecule has 1 saturated heterocycles. The number of methoxy groups -OCH3 is 1.